The number of alkyl carbamates (subject to hydrolysis) is 1. The maximum atomic E-state index is 14.2. The summed E-state index contributed by atoms with van der Waals surface area (Å²) in [5.41, 5.74) is 0.894. The molecule has 8 nitrogen and oxygen atoms in total. The van der Waals surface area contributed by atoms with Crippen LogP contribution in [0.2, 0.25) is 0 Å². The molecule has 2 atom stereocenters. The highest BCUT2D eigenvalue weighted by Gasteiger charge is 2.38. The van der Waals surface area contributed by atoms with Crippen LogP contribution in [0.1, 0.15) is 75.6 Å². The van der Waals surface area contributed by atoms with Crippen LogP contribution in [0.25, 0.3) is 0 Å². The second kappa shape index (κ2) is 14.2. The van der Waals surface area contributed by atoms with Gasteiger partial charge in [0, 0.05) is 18.0 Å². The number of benzene rings is 2. The van der Waals surface area contributed by atoms with Crippen molar-refractivity contribution < 1.29 is 19.1 Å². The molecular weight excluding hydrogens is 504 g/mol. The summed E-state index contributed by atoms with van der Waals surface area (Å²) in [6.07, 6.45) is 9.98. The van der Waals surface area contributed by atoms with E-state index in [1.165, 1.54) is 4.90 Å². The summed E-state index contributed by atoms with van der Waals surface area (Å²) >= 11 is 0. The average molecular weight is 543 g/mol. The Morgan fingerprint density at radius 2 is 1.70 bits per heavy atom. The van der Waals surface area contributed by atoms with Crippen LogP contribution >= 0.6 is 0 Å². The predicted octanol–water partition coefficient (Wildman–Crippen LogP) is 4.65. The maximum absolute atomic E-state index is 14.2. The van der Waals surface area contributed by atoms with Gasteiger partial charge in [-0.25, -0.2) is 4.79 Å². The lowest BCUT2D eigenvalue weighted by molar-refractivity contribution is -0.142. The Hall–Kier alpha value is -4.30. The first-order valence-corrected chi connectivity index (χ1v) is 13.7. The molecule has 0 spiro atoms. The summed E-state index contributed by atoms with van der Waals surface area (Å²) in [5.74, 6) is 1.61. The lowest BCUT2D eigenvalue weighted by Gasteiger charge is -2.34. The number of nitriles is 1. The third kappa shape index (κ3) is 8.61. The Labute approximate surface area is 237 Å². The molecule has 1 aliphatic carbocycles. The molecule has 2 aromatic rings. The van der Waals surface area contributed by atoms with Gasteiger partial charge in [0.1, 0.15) is 24.2 Å². The Balaban J connectivity index is 2.03. The number of terminal acetylenes is 1. The van der Waals surface area contributed by atoms with Gasteiger partial charge in [-0.15, -0.1) is 6.42 Å². The van der Waals surface area contributed by atoms with Crippen LogP contribution in [0.15, 0.2) is 54.6 Å². The summed E-state index contributed by atoms with van der Waals surface area (Å²) in [7, 11) is 0. The quantitative estimate of drug-likeness (QED) is 0.354. The van der Waals surface area contributed by atoms with E-state index in [1.54, 1.807) is 45.0 Å². The van der Waals surface area contributed by atoms with E-state index in [0.29, 0.717) is 11.1 Å². The molecule has 8 heteroatoms. The van der Waals surface area contributed by atoms with E-state index in [0.717, 1.165) is 37.7 Å². The van der Waals surface area contributed by atoms with E-state index >= 15 is 0 Å². The van der Waals surface area contributed by atoms with Crippen molar-refractivity contribution in [3.05, 3.63) is 71.3 Å². The van der Waals surface area contributed by atoms with Crippen molar-refractivity contribution in [3.8, 4) is 18.4 Å². The van der Waals surface area contributed by atoms with Gasteiger partial charge in [-0.1, -0.05) is 73.7 Å². The summed E-state index contributed by atoms with van der Waals surface area (Å²) in [6, 6.07) is 15.8. The Morgan fingerprint density at radius 1 is 1.05 bits per heavy atom. The van der Waals surface area contributed by atoms with Gasteiger partial charge in [-0.3, -0.25) is 9.59 Å². The minimum Gasteiger partial charge on any atom is -0.444 e. The lowest BCUT2D eigenvalue weighted by Crippen LogP contribution is -2.54. The van der Waals surface area contributed by atoms with Crippen molar-refractivity contribution >= 4 is 17.9 Å². The molecule has 0 aromatic heterocycles. The minimum absolute atomic E-state index is 0.0270. The number of carbonyl (C=O) groups excluding carboxylic acids is 3. The lowest BCUT2D eigenvalue weighted by atomic mass is 9.93. The fourth-order valence-electron chi connectivity index (χ4n) is 4.92. The molecule has 1 aliphatic rings. The molecule has 0 heterocycles. The van der Waals surface area contributed by atoms with Crippen molar-refractivity contribution in [3.63, 3.8) is 0 Å². The number of rotatable bonds is 9. The summed E-state index contributed by atoms with van der Waals surface area (Å²) < 4.78 is 5.43. The third-order valence-electron chi connectivity index (χ3n) is 6.72. The van der Waals surface area contributed by atoms with Gasteiger partial charge in [-0.2, -0.15) is 5.26 Å². The molecule has 3 amide bonds. The summed E-state index contributed by atoms with van der Waals surface area (Å²) in [6.45, 7) is 4.79. The molecular formula is C32H38N4O4. The number of nitrogens with zero attached hydrogens (tertiary/aromatic N) is 2. The Morgan fingerprint density at radius 3 is 2.33 bits per heavy atom. The standard InChI is InChI=1S/C32H38N4O4/c1-5-24-16-12-13-19-26(24)28(29(37)34-25-17-10-7-11-18-25)36(21-20-33)30(38)27(22-23-14-8-6-9-15-23)35-31(39)40-32(2,3)4/h1,6,8-9,12-16,19,25,27-28H,7,10-11,17-18,21-22H2,2-4H3,(H,34,37)(H,35,39). The van der Waals surface area contributed by atoms with Crippen molar-refractivity contribution in [2.24, 2.45) is 0 Å². The van der Waals surface area contributed by atoms with Crippen LogP contribution in [0.4, 0.5) is 4.79 Å². The van der Waals surface area contributed by atoms with Crippen LogP contribution in [0.3, 0.4) is 0 Å². The number of carbonyl (C=O) groups is 3. The maximum Gasteiger partial charge on any atom is 0.408 e. The monoisotopic (exact) mass is 542 g/mol. The summed E-state index contributed by atoms with van der Waals surface area (Å²) in [4.78, 5) is 42.1. The van der Waals surface area contributed by atoms with Crippen molar-refractivity contribution in [2.75, 3.05) is 6.54 Å². The van der Waals surface area contributed by atoms with Gasteiger partial charge >= 0.3 is 6.09 Å². The van der Waals surface area contributed by atoms with Gasteiger partial charge in [0.15, 0.2) is 0 Å². The second-order valence-electron chi connectivity index (χ2n) is 11.0. The predicted molar refractivity (Wildman–Crippen MR) is 153 cm³/mol. The molecule has 0 radical (unpaired) electrons. The number of nitrogens with one attached hydrogen (secondary N) is 2. The number of ether oxygens (including phenoxy) is 1. The molecule has 2 unspecified atom stereocenters. The highest BCUT2D eigenvalue weighted by Crippen LogP contribution is 2.27. The highest BCUT2D eigenvalue weighted by molar-refractivity contribution is 5.93. The molecule has 210 valence electrons. The highest BCUT2D eigenvalue weighted by atomic mass is 16.6. The molecule has 0 bridgehead atoms. The first-order valence-electron chi connectivity index (χ1n) is 13.7. The molecule has 0 aliphatic heterocycles. The van der Waals surface area contributed by atoms with E-state index in [-0.39, 0.29) is 19.0 Å². The zero-order valence-corrected chi connectivity index (χ0v) is 23.5. The van der Waals surface area contributed by atoms with E-state index in [9.17, 15) is 19.6 Å². The molecule has 3 rings (SSSR count). The van der Waals surface area contributed by atoms with Gasteiger partial charge in [0.25, 0.3) is 0 Å². The van der Waals surface area contributed by atoms with E-state index < -0.39 is 35.6 Å². The molecule has 2 aromatic carbocycles. The molecule has 1 saturated carbocycles. The van der Waals surface area contributed by atoms with E-state index in [2.05, 4.69) is 16.6 Å². The van der Waals surface area contributed by atoms with Gasteiger partial charge in [-0.05, 0) is 50.8 Å². The van der Waals surface area contributed by atoms with E-state index in [1.807, 2.05) is 36.4 Å². The largest absolute Gasteiger partial charge is 0.444 e. The van der Waals surface area contributed by atoms with Crippen LogP contribution in [-0.4, -0.2) is 47.0 Å². The normalized spacial score (nSPS) is 15.0. The number of hydrogen-bond acceptors (Lipinski definition) is 5. The van der Waals surface area contributed by atoms with Crippen molar-refractivity contribution in [1.82, 2.24) is 15.5 Å². The minimum atomic E-state index is -1.17. The fraction of sp³-hybridized carbons (Fsp3) is 0.438. The SMILES string of the molecule is C#Cc1ccccc1C(C(=O)NC1CCCCC1)N(CC#N)C(=O)C(Cc1ccccc1)NC(=O)OC(C)(C)C. The fourth-order valence-corrected chi connectivity index (χ4v) is 4.92. The zero-order chi connectivity index (χ0) is 29.1. The Kier molecular flexibility index (Phi) is 10.7. The number of hydrogen-bond donors (Lipinski definition) is 2. The van der Waals surface area contributed by atoms with Gasteiger partial charge in [0.05, 0.1) is 6.07 Å². The Bertz CT molecular complexity index is 1250. The van der Waals surface area contributed by atoms with Crippen LogP contribution in [0.5, 0.6) is 0 Å². The van der Waals surface area contributed by atoms with Gasteiger partial charge < -0.3 is 20.3 Å². The zero-order valence-electron chi connectivity index (χ0n) is 23.5. The van der Waals surface area contributed by atoms with E-state index in [4.69, 9.17) is 11.2 Å². The van der Waals surface area contributed by atoms with Crippen molar-refractivity contribution in [1.29, 1.82) is 5.26 Å². The average Bonchev–Trinajstić information content (AvgIpc) is 2.92. The summed E-state index contributed by atoms with van der Waals surface area (Å²) in [5, 5.41) is 15.6. The number of amides is 3. The molecule has 2 N–H and O–H groups in total. The second-order valence-corrected chi connectivity index (χ2v) is 11.0. The molecule has 0 saturated heterocycles. The van der Waals surface area contributed by atoms with Gasteiger partial charge in [0.2, 0.25) is 11.8 Å². The van der Waals surface area contributed by atoms with Crippen LogP contribution < -0.4 is 10.6 Å². The third-order valence-corrected chi connectivity index (χ3v) is 6.72. The first kappa shape index (κ1) is 30.2. The van der Waals surface area contributed by atoms with Crippen LogP contribution in [-0.2, 0) is 20.7 Å². The first-order chi connectivity index (χ1) is 19.1. The van der Waals surface area contributed by atoms with Crippen molar-refractivity contribution in [2.45, 2.75) is 83.0 Å². The smallest absolute Gasteiger partial charge is 0.408 e. The molecule has 40 heavy (non-hydrogen) atoms. The molecule has 1 fully saturated rings. The van der Waals surface area contributed by atoms with Crippen LogP contribution in [0, 0.1) is 23.7 Å². The topological polar surface area (TPSA) is 112 Å².